The molecule has 0 atom stereocenters. The molecule has 2 aliphatic heterocycles. The molecule has 0 saturated carbocycles. The molecule has 4 heterocycles. The molecule has 2 aromatic heterocycles. The standard InChI is InChI=1S/C20H24N6O/c27-19-17-14-21-26(16-6-2-1-3-7-16)18(17)22-20(23-19)25-12-8-15(9-13-25)24-10-4-5-11-24/h1-3,6-7,14-15H,4-5,8-13H2,(H,22,23,27). The fraction of sp³-hybridized carbons (Fsp3) is 0.450. The fourth-order valence-electron chi connectivity index (χ4n) is 4.36. The van der Waals surface area contributed by atoms with Crippen molar-refractivity contribution in [2.45, 2.75) is 31.7 Å². The molecule has 2 saturated heterocycles. The molecule has 2 fully saturated rings. The number of aromatic amines is 1. The number of para-hydroxylation sites is 1. The van der Waals surface area contributed by atoms with Crippen LogP contribution >= 0.6 is 0 Å². The van der Waals surface area contributed by atoms with E-state index in [0.29, 0.717) is 23.0 Å². The second-order valence-corrected chi connectivity index (χ2v) is 7.48. The lowest BCUT2D eigenvalue weighted by molar-refractivity contribution is 0.207. The predicted octanol–water partition coefficient (Wildman–Crippen LogP) is 2.17. The van der Waals surface area contributed by atoms with Crippen LogP contribution in [0.2, 0.25) is 0 Å². The van der Waals surface area contributed by atoms with Crippen molar-refractivity contribution < 1.29 is 0 Å². The topological polar surface area (TPSA) is 70.1 Å². The molecule has 140 valence electrons. The summed E-state index contributed by atoms with van der Waals surface area (Å²) in [5.41, 5.74) is 1.39. The maximum Gasteiger partial charge on any atom is 0.263 e. The highest BCUT2D eigenvalue weighted by Crippen LogP contribution is 2.24. The van der Waals surface area contributed by atoms with Gasteiger partial charge in [0.15, 0.2) is 5.65 Å². The number of piperidine rings is 1. The van der Waals surface area contributed by atoms with Gasteiger partial charge >= 0.3 is 0 Å². The Morgan fingerprint density at radius 3 is 2.48 bits per heavy atom. The minimum absolute atomic E-state index is 0.126. The maximum atomic E-state index is 12.6. The van der Waals surface area contributed by atoms with Crippen molar-refractivity contribution >= 4 is 17.0 Å². The summed E-state index contributed by atoms with van der Waals surface area (Å²) < 4.78 is 1.74. The first-order valence-electron chi connectivity index (χ1n) is 9.82. The number of benzene rings is 1. The molecule has 0 spiro atoms. The second kappa shape index (κ2) is 6.81. The predicted molar refractivity (Wildman–Crippen MR) is 106 cm³/mol. The van der Waals surface area contributed by atoms with E-state index in [4.69, 9.17) is 4.98 Å². The van der Waals surface area contributed by atoms with E-state index in [1.165, 1.54) is 25.9 Å². The van der Waals surface area contributed by atoms with Gasteiger partial charge in [0, 0.05) is 19.1 Å². The Morgan fingerprint density at radius 1 is 1.00 bits per heavy atom. The fourth-order valence-corrected chi connectivity index (χ4v) is 4.36. The quantitative estimate of drug-likeness (QED) is 0.771. The van der Waals surface area contributed by atoms with Gasteiger partial charge in [-0.2, -0.15) is 10.1 Å². The van der Waals surface area contributed by atoms with Crippen molar-refractivity contribution in [3.05, 3.63) is 46.9 Å². The summed E-state index contributed by atoms with van der Waals surface area (Å²) >= 11 is 0. The summed E-state index contributed by atoms with van der Waals surface area (Å²) in [7, 11) is 0. The lowest BCUT2D eigenvalue weighted by atomic mass is 10.0. The number of hydrogen-bond donors (Lipinski definition) is 1. The summed E-state index contributed by atoms with van der Waals surface area (Å²) in [6.45, 7) is 4.33. The summed E-state index contributed by atoms with van der Waals surface area (Å²) in [4.78, 5) is 25.1. The molecule has 2 aliphatic rings. The van der Waals surface area contributed by atoms with Crippen molar-refractivity contribution in [3.63, 3.8) is 0 Å². The van der Waals surface area contributed by atoms with Gasteiger partial charge in [-0.3, -0.25) is 9.78 Å². The number of likely N-dealkylation sites (tertiary alicyclic amines) is 1. The molecule has 3 aromatic rings. The molecular weight excluding hydrogens is 340 g/mol. The minimum atomic E-state index is -0.126. The highest BCUT2D eigenvalue weighted by Gasteiger charge is 2.27. The summed E-state index contributed by atoms with van der Waals surface area (Å²) in [6.07, 6.45) is 6.50. The molecule has 0 amide bonds. The molecule has 1 aromatic carbocycles. The van der Waals surface area contributed by atoms with Gasteiger partial charge in [-0.05, 0) is 50.9 Å². The van der Waals surface area contributed by atoms with E-state index in [1.807, 2.05) is 30.3 Å². The van der Waals surface area contributed by atoms with Crippen LogP contribution in [0.15, 0.2) is 41.3 Å². The molecule has 1 N–H and O–H groups in total. The zero-order valence-electron chi connectivity index (χ0n) is 15.3. The largest absolute Gasteiger partial charge is 0.342 e. The van der Waals surface area contributed by atoms with Gasteiger partial charge in [0.1, 0.15) is 5.39 Å². The van der Waals surface area contributed by atoms with E-state index < -0.39 is 0 Å². The Morgan fingerprint density at radius 2 is 1.74 bits per heavy atom. The Balaban J connectivity index is 1.43. The normalized spacial score (nSPS) is 19.2. The van der Waals surface area contributed by atoms with Crippen LogP contribution in [0.5, 0.6) is 0 Å². The average molecular weight is 364 g/mol. The molecule has 0 unspecified atom stereocenters. The Bertz CT molecular complexity index is 981. The van der Waals surface area contributed by atoms with Gasteiger partial charge in [0.2, 0.25) is 5.95 Å². The van der Waals surface area contributed by atoms with Crippen LogP contribution in [0.4, 0.5) is 5.95 Å². The van der Waals surface area contributed by atoms with E-state index in [2.05, 4.69) is 19.9 Å². The Labute approximate surface area is 157 Å². The van der Waals surface area contributed by atoms with Crippen LogP contribution in [0, 0.1) is 0 Å². The average Bonchev–Trinajstić information content (AvgIpc) is 3.39. The monoisotopic (exact) mass is 364 g/mol. The van der Waals surface area contributed by atoms with Crippen molar-refractivity contribution in [2.75, 3.05) is 31.1 Å². The van der Waals surface area contributed by atoms with Crippen LogP contribution in [0.25, 0.3) is 16.7 Å². The molecule has 0 radical (unpaired) electrons. The molecule has 7 nitrogen and oxygen atoms in total. The van der Waals surface area contributed by atoms with Gasteiger partial charge in [0.05, 0.1) is 11.9 Å². The van der Waals surface area contributed by atoms with E-state index in [9.17, 15) is 4.79 Å². The van der Waals surface area contributed by atoms with Crippen LogP contribution in [-0.2, 0) is 0 Å². The third kappa shape index (κ3) is 3.02. The molecule has 5 rings (SSSR count). The zero-order valence-corrected chi connectivity index (χ0v) is 15.3. The lowest BCUT2D eigenvalue weighted by Gasteiger charge is -2.36. The van der Waals surface area contributed by atoms with Gasteiger partial charge < -0.3 is 9.80 Å². The van der Waals surface area contributed by atoms with Crippen molar-refractivity contribution in [2.24, 2.45) is 0 Å². The number of hydrogen-bond acceptors (Lipinski definition) is 5. The lowest BCUT2D eigenvalue weighted by Crippen LogP contribution is -2.44. The van der Waals surface area contributed by atoms with E-state index in [-0.39, 0.29) is 5.56 Å². The van der Waals surface area contributed by atoms with Crippen LogP contribution < -0.4 is 10.5 Å². The first-order chi connectivity index (χ1) is 13.3. The molecule has 0 aliphatic carbocycles. The number of nitrogens with one attached hydrogen (secondary N) is 1. The summed E-state index contributed by atoms with van der Waals surface area (Å²) in [5.74, 6) is 0.657. The first-order valence-corrected chi connectivity index (χ1v) is 9.82. The molecule has 27 heavy (non-hydrogen) atoms. The second-order valence-electron chi connectivity index (χ2n) is 7.48. The zero-order chi connectivity index (χ0) is 18.2. The van der Waals surface area contributed by atoms with E-state index in [1.54, 1.807) is 10.9 Å². The third-order valence-electron chi connectivity index (χ3n) is 5.85. The summed E-state index contributed by atoms with van der Waals surface area (Å²) in [5, 5.41) is 4.91. The molecule has 7 heteroatoms. The number of nitrogens with zero attached hydrogens (tertiary/aromatic N) is 5. The van der Waals surface area contributed by atoms with Crippen LogP contribution in [-0.4, -0.2) is 56.9 Å². The number of anilines is 1. The van der Waals surface area contributed by atoms with Gasteiger partial charge in [0.25, 0.3) is 5.56 Å². The van der Waals surface area contributed by atoms with E-state index >= 15 is 0 Å². The van der Waals surface area contributed by atoms with Crippen LogP contribution in [0.1, 0.15) is 25.7 Å². The third-order valence-corrected chi connectivity index (χ3v) is 5.85. The molecule has 0 bridgehead atoms. The van der Waals surface area contributed by atoms with Gasteiger partial charge in [-0.25, -0.2) is 4.68 Å². The van der Waals surface area contributed by atoms with Crippen molar-refractivity contribution in [1.82, 2.24) is 24.6 Å². The highest BCUT2D eigenvalue weighted by molar-refractivity contribution is 5.76. The summed E-state index contributed by atoms with van der Waals surface area (Å²) in [6, 6.07) is 10.5. The Hall–Kier alpha value is -2.67. The SMILES string of the molecule is O=c1[nH]c(N2CCC(N3CCCC3)CC2)nc2c1cnn2-c1ccccc1. The highest BCUT2D eigenvalue weighted by atomic mass is 16.1. The van der Waals surface area contributed by atoms with Gasteiger partial charge in [-0.1, -0.05) is 18.2 Å². The molecular formula is C20H24N6O. The number of aromatic nitrogens is 4. The minimum Gasteiger partial charge on any atom is -0.342 e. The maximum absolute atomic E-state index is 12.6. The van der Waals surface area contributed by atoms with E-state index in [0.717, 1.165) is 31.6 Å². The Kier molecular flexibility index (Phi) is 4.16. The smallest absolute Gasteiger partial charge is 0.263 e. The van der Waals surface area contributed by atoms with Crippen molar-refractivity contribution in [3.8, 4) is 5.69 Å². The number of H-pyrrole nitrogens is 1. The van der Waals surface area contributed by atoms with Crippen molar-refractivity contribution in [1.29, 1.82) is 0 Å². The number of fused-ring (bicyclic) bond motifs is 1. The number of rotatable bonds is 3. The van der Waals surface area contributed by atoms with Gasteiger partial charge in [-0.15, -0.1) is 0 Å². The first kappa shape index (κ1) is 16.5. The van der Waals surface area contributed by atoms with Crippen LogP contribution in [0.3, 0.4) is 0 Å².